The lowest BCUT2D eigenvalue weighted by molar-refractivity contribution is 0.834. The van der Waals surface area contributed by atoms with Crippen LogP contribution < -0.4 is 15.6 Å². The second-order valence-corrected chi connectivity index (χ2v) is 18.9. The molecular formula is C42H58Si. The van der Waals surface area contributed by atoms with Gasteiger partial charge in [0.05, 0.1) is 0 Å². The highest BCUT2D eigenvalue weighted by Crippen LogP contribution is 2.34. The Balaban J connectivity index is 2.33. The van der Waals surface area contributed by atoms with Gasteiger partial charge in [0.1, 0.15) is 0 Å². The fourth-order valence-electron chi connectivity index (χ4n) is 6.72. The van der Waals surface area contributed by atoms with Gasteiger partial charge in [-0.25, -0.2) is 0 Å². The lowest BCUT2D eigenvalue weighted by atomic mass is 9.95. The summed E-state index contributed by atoms with van der Waals surface area (Å²) in [6, 6.07) is 23.1. The summed E-state index contributed by atoms with van der Waals surface area (Å²) in [6.45, 7) is 30.7. The summed E-state index contributed by atoms with van der Waals surface area (Å²) in [5, 5.41) is 6.24. The molecule has 0 amide bonds. The molecule has 4 rings (SSSR count). The highest BCUT2D eigenvalue weighted by Gasteiger charge is 2.45. The Morgan fingerprint density at radius 1 is 0.395 bits per heavy atom. The molecular weight excluding hydrogens is 533 g/mol. The first kappa shape index (κ1) is 33.3. The van der Waals surface area contributed by atoms with Crippen molar-refractivity contribution in [2.75, 3.05) is 0 Å². The number of allylic oxidation sites excluding steroid dienone is 4. The zero-order valence-electron chi connectivity index (χ0n) is 29.5. The molecule has 230 valence electrons. The summed E-state index contributed by atoms with van der Waals surface area (Å²) in [5.41, 5.74) is 10.3. The average molecular weight is 591 g/mol. The first-order valence-corrected chi connectivity index (χ1v) is 19.0. The molecule has 0 bridgehead atoms. The molecule has 0 aliphatic heterocycles. The van der Waals surface area contributed by atoms with Crippen molar-refractivity contribution in [3.05, 3.63) is 111 Å². The standard InChI is InChI=1S/C42H58Si/c1-26(2)33-17-34(27(3)4)21-39(20-33)43(42-16-14-15-32(42)13,40-22-35(28(5)6)18-36(23-40)29(7)8)41-24-37(30(9)10)19-38(25-41)31(11)12/h15-31H,14H2,1-13H3. The van der Waals surface area contributed by atoms with Crippen LogP contribution in [-0.4, -0.2) is 8.07 Å². The SMILES string of the molecule is CC1=CCC=C1[Si](c1cc(C(C)C)cc(C(C)C)c1)(c1cc(C(C)C)cc(C(C)C)c1)c1cc(C(C)C)cc(C(C)C)c1. The fraction of sp³-hybridized carbons (Fsp3) is 0.476. The minimum atomic E-state index is -2.72. The van der Waals surface area contributed by atoms with Crippen molar-refractivity contribution in [2.45, 2.75) is 132 Å². The molecule has 43 heavy (non-hydrogen) atoms. The predicted octanol–water partition coefficient (Wildman–Crippen LogP) is 10.7. The summed E-state index contributed by atoms with van der Waals surface area (Å²) in [4.78, 5) is 0. The second kappa shape index (κ2) is 13.2. The molecule has 0 nitrogen and oxygen atoms in total. The molecule has 0 saturated heterocycles. The van der Waals surface area contributed by atoms with Gasteiger partial charge in [-0.05, 0) is 103 Å². The molecule has 0 fully saturated rings. The number of benzene rings is 3. The van der Waals surface area contributed by atoms with E-state index in [9.17, 15) is 0 Å². The molecule has 0 aromatic heterocycles. The predicted molar refractivity (Wildman–Crippen MR) is 195 cm³/mol. The van der Waals surface area contributed by atoms with Gasteiger partial charge in [-0.15, -0.1) is 0 Å². The summed E-state index contributed by atoms with van der Waals surface area (Å²) >= 11 is 0. The molecule has 3 aromatic carbocycles. The Hall–Kier alpha value is -2.64. The Bertz CT molecular complexity index is 1270. The zero-order chi connectivity index (χ0) is 31.8. The molecule has 1 heteroatoms. The van der Waals surface area contributed by atoms with Crippen LogP contribution in [0.2, 0.25) is 0 Å². The van der Waals surface area contributed by atoms with Crippen molar-refractivity contribution in [1.82, 2.24) is 0 Å². The van der Waals surface area contributed by atoms with Crippen molar-refractivity contribution in [2.24, 2.45) is 0 Å². The molecule has 0 spiro atoms. The maximum absolute atomic E-state index is 2.72. The van der Waals surface area contributed by atoms with E-state index in [0.29, 0.717) is 35.5 Å². The maximum atomic E-state index is 2.61. The first-order valence-electron chi connectivity index (χ1n) is 17.0. The highest BCUT2D eigenvalue weighted by molar-refractivity contribution is 7.16. The van der Waals surface area contributed by atoms with Crippen molar-refractivity contribution in [3.8, 4) is 0 Å². The molecule has 0 N–H and O–H groups in total. The third kappa shape index (κ3) is 6.58. The lowest BCUT2D eigenvalue weighted by Crippen LogP contribution is -2.69. The second-order valence-electron chi connectivity index (χ2n) is 15.1. The van der Waals surface area contributed by atoms with Gasteiger partial charge < -0.3 is 0 Å². The summed E-state index contributed by atoms with van der Waals surface area (Å²) in [5.74, 6) is 2.83. The molecule has 0 saturated carbocycles. The maximum Gasteiger partial charge on any atom is 0.179 e. The first-order chi connectivity index (χ1) is 20.2. The summed E-state index contributed by atoms with van der Waals surface area (Å²) in [6.07, 6.45) is 6.09. The van der Waals surface area contributed by atoms with Crippen LogP contribution in [0.1, 0.15) is 165 Å². The Morgan fingerprint density at radius 2 is 0.651 bits per heavy atom. The van der Waals surface area contributed by atoms with Crippen molar-refractivity contribution in [1.29, 1.82) is 0 Å². The minimum Gasteiger partial charge on any atom is -0.0801 e. The van der Waals surface area contributed by atoms with Crippen LogP contribution in [0.15, 0.2) is 77.5 Å². The third-order valence-corrected chi connectivity index (χ3v) is 14.7. The van der Waals surface area contributed by atoms with Crippen molar-refractivity contribution >= 4 is 23.6 Å². The van der Waals surface area contributed by atoms with E-state index in [2.05, 4.69) is 157 Å². The van der Waals surface area contributed by atoms with E-state index in [1.165, 1.54) is 39.0 Å². The molecule has 1 aliphatic rings. The van der Waals surface area contributed by atoms with Crippen LogP contribution in [0.3, 0.4) is 0 Å². The summed E-state index contributed by atoms with van der Waals surface area (Å²) in [7, 11) is -2.72. The summed E-state index contributed by atoms with van der Waals surface area (Å²) < 4.78 is 0. The van der Waals surface area contributed by atoms with E-state index in [1.54, 1.807) is 20.8 Å². The van der Waals surface area contributed by atoms with Crippen LogP contribution in [0.25, 0.3) is 0 Å². The molecule has 0 heterocycles. The van der Waals surface area contributed by atoms with Crippen molar-refractivity contribution < 1.29 is 0 Å². The molecule has 0 radical (unpaired) electrons. The largest absolute Gasteiger partial charge is 0.179 e. The van der Waals surface area contributed by atoms with Gasteiger partial charge in [-0.1, -0.05) is 155 Å². The zero-order valence-corrected chi connectivity index (χ0v) is 30.5. The molecule has 0 unspecified atom stereocenters. The van der Waals surface area contributed by atoms with Crippen LogP contribution in [0.5, 0.6) is 0 Å². The van der Waals surface area contributed by atoms with E-state index in [1.807, 2.05) is 0 Å². The van der Waals surface area contributed by atoms with Gasteiger partial charge >= 0.3 is 0 Å². The van der Waals surface area contributed by atoms with Crippen LogP contribution in [0, 0.1) is 0 Å². The lowest BCUT2D eigenvalue weighted by Gasteiger charge is -2.39. The highest BCUT2D eigenvalue weighted by atomic mass is 28.3. The van der Waals surface area contributed by atoms with E-state index in [4.69, 9.17) is 0 Å². The topological polar surface area (TPSA) is 0 Å². The Kier molecular flexibility index (Phi) is 10.2. The van der Waals surface area contributed by atoms with Crippen LogP contribution in [0.4, 0.5) is 0 Å². The van der Waals surface area contributed by atoms with Gasteiger partial charge in [0.25, 0.3) is 0 Å². The minimum absolute atomic E-state index is 0.472. The van der Waals surface area contributed by atoms with Gasteiger partial charge in [-0.3, -0.25) is 0 Å². The van der Waals surface area contributed by atoms with E-state index < -0.39 is 8.07 Å². The van der Waals surface area contributed by atoms with Crippen molar-refractivity contribution in [3.63, 3.8) is 0 Å². The molecule has 1 aliphatic carbocycles. The Labute approximate surface area is 265 Å². The number of hydrogen-bond acceptors (Lipinski definition) is 0. The smallest absolute Gasteiger partial charge is 0.0801 e. The van der Waals surface area contributed by atoms with E-state index in [0.717, 1.165) is 6.42 Å². The normalized spacial score (nSPS) is 14.2. The van der Waals surface area contributed by atoms with Crippen LogP contribution >= 0.6 is 0 Å². The molecule has 3 aromatic rings. The third-order valence-electron chi connectivity index (χ3n) is 9.81. The average Bonchev–Trinajstić information content (AvgIpc) is 3.38. The van der Waals surface area contributed by atoms with Gasteiger partial charge in [-0.2, -0.15) is 0 Å². The quantitative estimate of drug-likeness (QED) is 0.163. The van der Waals surface area contributed by atoms with E-state index in [-0.39, 0.29) is 0 Å². The van der Waals surface area contributed by atoms with Gasteiger partial charge in [0.15, 0.2) is 8.07 Å². The monoisotopic (exact) mass is 590 g/mol. The van der Waals surface area contributed by atoms with Gasteiger partial charge in [0, 0.05) is 0 Å². The van der Waals surface area contributed by atoms with E-state index >= 15 is 0 Å². The molecule has 0 atom stereocenters. The van der Waals surface area contributed by atoms with Crippen LogP contribution in [-0.2, 0) is 0 Å². The van der Waals surface area contributed by atoms with Gasteiger partial charge in [0.2, 0.25) is 0 Å². The number of rotatable bonds is 10. The Morgan fingerprint density at radius 3 is 0.837 bits per heavy atom. The number of hydrogen-bond donors (Lipinski definition) is 0. The fourth-order valence-corrected chi connectivity index (χ4v) is 12.1.